The second kappa shape index (κ2) is 7.46. The summed E-state index contributed by atoms with van der Waals surface area (Å²) in [5.41, 5.74) is 1.29. The van der Waals surface area contributed by atoms with Crippen LogP contribution in [0, 0.1) is 0 Å². The number of allylic oxidation sites excluding steroid dienone is 1. The van der Waals surface area contributed by atoms with E-state index in [4.69, 9.17) is 4.43 Å². The summed E-state index contributed by atoms with van der Waals surface area (Å²) in [5, 5.41) is 0. The highest BCUT2D eigenvalue weighted by molar-refractivity contribution is 6.71. The third-order valence-electron chi connectivity index (χ3n) is 2.79. The minimum atomic E-state index is -1.37. The van der Waals surface area contributed by atoms with Crippen LogP contribution in [0.15, 0.2) is 36.4 Å². The van der Waals surface area contributed by atoms with E-state index in [9.17, 15) is 0 Å². The first-order valence-electron chi connectivity index (χ1n) is 6.49. The summed E-state index contributed by atoms with van der Waals surface area (Å²) in [5.74, 6) is 0. The third kappa shape index (κ3) is 6.44. The normalized spacial score (nSPS) is 12.2. The van der Waals surface area contributed by atoms with Crippen molar-refractivity contribution in [3.63, 3.8) is 0 Å². The van der Waals surface area contributed by atoms with Crippen LogP contribution in [0.3, 0.4) is 0 Å². The zero-order valence-electron chi connectivity index (χ0n) is 11.3. The summed E-state index contributed by atoms with van der Waals surface area (Å²) in [6, 6.07) is 11.7. The molecule has 0 amide bonds. The van der Waals surface area contributed by atoms with Crippen LogP contribution in [-0.4, -0.2) is 14.9 Å². The molecule has 1 aromatic rings. The van der Waals surface area contributed by atoms with Crippen LogP contribution in [0.4, 0.5) is 0 Å². The van der Waals surface area contributed by atoms with Crippen molar-refractivity contribution in [2.45, 2.75) is 38.9 Å². The standard InChI is InChI=1S/C15H24OSi/c1-4-16-17(2,3)14-10-6-9-13-15-11-7-5-8-12-15/h5,7-9,11-13H,4,6,10,14H2,1-3H3. The van der Waals surface area contributed by atoms with Gasteiger partial charge in [-0.05, 0) is 38.0 Å². The monoisotopic (exact) mass is 248 g/mol. The lowest BCUT2D eigenvalue weighted by molar-refractivity contribution is 0.328. The molecule has 17 heavy (non-hydrogen) atoms. The van der Waals surface area contributed by atoms with E-state index in [-0.39, 0.29) is 0 Å². The summed E-state index contributed by atoms with van der Waals surface area (Å²) >= 11 is 0. The molecule has 0 radical (unpaired) electrons. The Kier molecular flexibility index (Phi) is 6.23. The van der Waals surface area contributed by atoms with Crippen molar-refractivity contribution in [1.29, 1.82) is 0 Å². The van der Waals surface area contributed by atoms with Gasteiger partial charge in [0.25, 0.3) is 0 Å². The van der Waals surface area contributed by atoms with Gasteiger partial charge in [0.2, 0.25) is 0 Å². The molecule has 2 heteroatoms. The Balaban J connectivity index is 2.22. The van der Waals surface area contributed by atoms with Gasteiger partial charge in [0.15, 0.2) is 8.32 Å². The van der Waals surface area contributed by atoms with Gasteiger partial charge in [-0.1, -0.05) is 48.9 Å². The average Bonchev–Trinajstić information content (AvgIpc) is 2.30. The first kappa shape index (κ1) is 14.2. The van der Waals surface area contributed by atoms with Crippen molar-refractivity contribution in [1.82, 2.24) is 0 Å². The predicted octanol–water partition coefficient (Wildman–Crippen LogP) is 4.72. The van der Waals surface area contributed by atoms with Crippen LogP contribution in [0.5, 0.6) is 0 Å². The number of hydrogen-bond acceptors (Lipinski definition) is 1. The van der Waals surface area contributed by atoms with Crippen LogP contribution in [0.2, 0.25) is 19.1 Å². The molecule has 0 saturated heterocycles. The number of unbranched alkanes of at least 4 members (excludes halogenated alkanes) is 1. The van der Waals surface area contributed by atoms with E-state index in [1.165, 1.54) is 18.0 Å². The molecule has 0 aliphatic carbocycles. The van der Waals surface area contributed by atoms with Crippen molar-refractivity contribution in [3.8, 4) is 0 Å². The lowest BCUT2D eigenvalue weighted by Gasteiger charge is -2.21. The molecule has 0 saturated carbocycles. The van der Waals surface area contributed by atoms with Gasteiger partial charge in [-0.2, -0.15) is 0 Å². The minimum absolute atomic E-state index is 0.860. The Bertz CT molecular complexity index is 330. The predicted molar refractivity (Wildman–Crippen MR) is 78.6 cm³/mol. The molecule has 0 atom stereocenters. The Morgan fingerprint density at radius 1 is 1.18 bits per heavy atom. The summed E-state index contributed by atoms with van der Waals surface area (Å²) in [4.78, 5) is 0. The Labute approximate surface area is 107 Å². The maximum absolute atomic E-state index is 5.81. The van der Waals surface area contributed by atoms with Gasteiger partial charge < -0.3 is 4.43 Å². The highest BCUT2D eigenvalue weighted by Crippen LogP contribution is 2.15. The molecule has 0 aliphatic rings. The van der Waals surface area contributed by atoms with E-state index in [0.29, 0.717) is 0 Å². The van der Waals surface area contributed by atoms with E-state index < -0.39 is 8.32 Å². The maximum atomic E-state index is 5.81. The maximum Gasteiger partial charge on any atom is 0.186 e. The average molecular weight is 248 g/mol. The number of hydrogen-bond donors (Lipinski definition) is 0. The zero-order valence-corrected chi connectivity index (χ0v) is 12.3. The Morgan fingerprint density at radius 3 is 2.53 bits per heavy atom. The van der Waals surface area contributed by atoms with Crippen LogP contribution < -0.4 is 0 Å². The van der Waals surface area contributed by atoms with E-state index in [1.807, 2.05) is 6.07 Å². The molecular weight excluding hydrogens is 224 g/mol. The van der Waals surface area contributed by atoms with Gasteiger partial charge >= 0.3 is 0 Å². The molecule has 0 aliphatic heterocycles. The molecule has 1 aromatic carbocycles. The minimum Gasteiger partial charge on any atom is -0.418 e. The highest BCUT2D eigenvalue weighted by Gasteiger charge is 2.20. The van der Waals surface area contributed by atoms with Crippen molar-refractivity contribution < 1.29 is 4.43 Å². The zero-order chi connectivity index (χ0) is 12.6. The lowest BCUT2D eigenvalue weighted by Crippen LogP contribution is -2.29. The molecule has 0 spiro atoms. The smallest absolute Gasteiger partial charge is 0.186 e. The summed E-state index contributed by atoms with van der Waals surface area (Å²) < 4.78 is 5.81. The number of rotatable bonds is 7. The van der Waals surface area contributed by atoms with E-state index in [2.05, 4.69) is 56.4 Å². The van der Waals surface area contributed by atoms with E-state index in [1.54, 1.807) is 0 Å². The van der Waals surface area contributed by atoms with Gasteiger partial charge in [-0.15, -0.1) is 0 Å². The quantitative estimate of drug-likeness (QED) is 0.501. The topological polar surface area (TPSA) is 9.23 Å². The van der Waals surface area contributed by atoms with Gasteiger partial charge in [0.05, 0.1) is 0 Å². The number of benzene rings is 1. The fraction of sp³-hybridized carbons (Fsp3) is 0.467. The molecule has 0 heterocycles. The van der Waals surface area contributed by atoms with Crippen molar-refractivity contribution in [2.75, 3.05) is 6.61 Å². The first-order chi connectivity index (χ1) is 8.14. The van der Waals surface area contributed by atoms with Crippen molar-refractivity contribution in [2.24, 2.45) is 0 Å². The van der Waals surface area contributed by atoms with Crippen molar-refractivity contribution in [3.05, 3.63) is 42.0 Å². The fourth-order valence-electron chi connectivity index (χ4n) is 1.89. The molecule has 0 fully saturated rings. The molecule has 0 N–H and O–H groups in total. The van der Waals surface area contributed by atoms with Crippen molar-refractivity contribution >= 4 is 14.4 Å². The summed E-state index contributed by atoms with van der Waals surface area (Å²) in [7, 11) is -1.37. The SMILES string of the molecule is CCO[Si](C)(C)CCCC=Cc1ccccc1. The van der Waals surface area contributed by atoms with Crippen LogP contribution in [0.25, 0.3) is 6.08 Å². The van der Waals surface area contributed by atoms with Gasteiger partial charge in [-0.25, -0.2) is 0 Å². The van der Waals surface area contributed by atoms with Gasteiger partial charge in [0.1, 0.15) is 0 Å². The molecule has 94 valence electrons. The van der Waals surface area contributed by atoms with E-state index in [0.717, 1.165) is 13.0 Å². The Morgan fingerprint density at radius 2 is 1.88 bits per heavy atom. The van der Waals surface area contributed by atoms with Crippen LogP contribution >= 0.6 is 0 Å². The molecule has 0 bridgehead atoms. The van der Waals surface area contributed by atoms with Crippen LogP contribution in [0.1, 0.15) is 25.3 Å². The van der Waals surface area contributed by atoms with E-state index >= 15 is 0 Å². The fourth-order valence-corrected chi connectivity index (χ4v) is 3.87. The molecular formula is C15H24OSi. The second-order valence-corrected chi connectivity index (χ2v) is 9.21. The molecule has 0 unspecified atom stereocenters. The highest BCUT2D eigenvalue weighted by atomic mass is 28.4. The van der Waals surface area contributed by atoms with Gasteiger partial charge in [0, 0.05) is 6.61 Å². The largest absolute Gasteiger partial charge is 0.418 e. The second-order valence-electron chi connectivity index (χ2n) is 4.90. The third-order valence-corrected chi connectivity index (χ3v) is 5.42. The lowest BCUT2D eigenvalue weighted by atomic mass is 10.2. The van der Waals surface area contributed by atoms with Gasteiger partial charge in [-0.3, -0.25) is 0 Å². The summed E-state index contributed by atoms with van der Waals surface area (Å²) in [6.07, 6.45) is 6.86. The van der Waals surface area contributed by atoms with Crippen LogP contribution in [-0.2, 0) is 4.43 Å². The Hall–Kier alpha value is -0.863. The molecule has 1 nitrogen and oxygen atoms in total. The molecule has 0 aromatic heterocycles. The molecule has 1 rings (SSSR count). The summed E-state index contributed by atoms with van der Waals surface area (Å²) in [6.45, 7) is 7.55. The first-order valence-corrected chi connectivity index (χ1v) is 9.61.